The molecule has 0 amide bonds. The summed E-state index contributed by atoms with van der Waals surface area (Å²) in [5.41, 5.74) is 1.45. The van der Waals surface area contributed by atoms with Crippen molar-refractivity contribution >= 4 is 11.8 Å². The molecule has 0 saturated carbocycles. The van der Waals surface area contributed by atoms with E-state index in [-0.39, 0.29) is 11.5 Å². The predicted molar refractivity (Wildman–Crippen MR) is 49.3 cm³/mol. The summed E-state index contributed by atoms with van der Waals surface area (Å²) in [6.07, 6.45) is 5.84. The van der Waals surface area contributed by atoms with Gasteiger partial charge in [0.1, 0.15) is 5.70 Å². The Balaban J connectivity index is 2.27. The van der Waals surface area contributed by atoms with Gasteiger partial charge in [0.05, 0.1) is 0 Å². The molecule has 0 saturated heterocycles. The molecule has 0 aromatic heterocycles. The molecule has 0 atom stereocenters. The van der Waals surface area contributed by atoms with E-state index >= 15 is 0 Å². The first-order valence-corrected chi connectivity index (χ1v) is 4.32. The standard InChI is InChI=1S/C10H9NO3/c12-9-3-1-2-7-6(9)4-5-8(11-7)10(13)14/h1-2,5,11H,3-4H2,(H,13,14). The van der Waals surface area contributed by atoms with Crippen LogP contribution in [0.4, 0.5) is 0 Å². The number of hydrogen-bond acceptors (Lipinski definition) is 3. The number of carboxylic acid groups (broad SMARTS) is 1. The van der Waals surface area contributed by atoms with Crippen LogP contribution >= 0.6 is 0 Å². The van der Waals surface area contributed by atoms with Gasteiger partial charge in [-0.1, -0.05) is 6.08 Å². The number of carbonyl (C=O) groups is 2. The second-order valence-corrected chi connectivity index (χ2v) is 3.17. The van der Waals surface area contributed by atoms with Gasteiger partial charge in [0, 0.05) is 17.7 Å². The SMILES string of the molecule is O=C(O)C1=CCC2=C(C=CCC2=O)N1. The number of rotatable bonds is 1. The fraction of sp³-hybridized carbons (Fsp3) is 0.200. The van der Waals surface area contributed by atoms with Crippen LogP contribution in [-0.2, 0) is 9.59 Å². The molecule has 0 aromatic carbocycles. The third-order valence-corrected chi connectivity index (χ3v) is 2.26. The van der Waals surface area contributed by atoms with Crippen LogP contribution < -0.4 is 5.32 Å². The molecule has 1 aliphatic carbocycles. The molecular weight excluding hydrogens is 182 g/mol. The molecule has 0 radical (unpaired) electrons. The number of Topliss-reactive ketones (excluding diaryl/α,β-unsaturated/α-hetero) is 1. The van der Waals surface area contributed by atoms with E-state index in [1.807, 2.05) is 0 Å². The lowest BCUT2D eigenvalue weighted by Crippen LogP contribution is -2.26. The zero-order valence-corrected chi connectivity index (χ0v) is 7.41. The molecule has 2 N–H and O–H groups in total. The quantitative estimate of drug-likeness (QED) is 0.641. The van der Waals surface area contributed by atoms with Crippen molar-refractivity contribution in [1.29, 1.82) is 0 Å². The van der Waals surface area contributed by atoms with Crippen LogP contribution in [0.3, 0.4) is 0 Å². The Morgan fingerprint density at radius 2 is 2.21 bits per heavy atom. The fourth-order valence-corrected chi connectivity index (χ4v) is 1.54. The maximum atomic E-state index is 11.4. The molecule has 14 heavy (non-hydrogen) atoms. The number of dihydropyridines is 1. The summed E-state index contributed by atoms with van der Waals surface area (Å²) >= 11 is 0. The Bertz CT molecular complexity index is 402. The van der Waals surface area contributed by atoms with E-state index in [1.165, 1.54) is 6.08 Å². The lowest BCUT2D eigenvalue weighted by atomic mass is 9.95. The maximum Gasteiger partial charge on any atom is 0.351 e. The van der Waals surface area contributed by atoms with Gasteiger partial charge in [-0.05, 0) is 18.6 Å². The number of aliphatic carboxylic acids is 1. The first-order valence-electron chi connectivity index (χ1n) is 4.32. The number of allylic oxidation sites excluding steroid dienone is 4. The Morgan fingerprint density at radius 3 is 2.93 bits per heavy atom. The number of carbonyl (C=O) groups excluding carboxylic acids is 1. The average Bonchev–Trinajstić information content (AvgIpc) is 2.17. The molecule has 4 nitrogen and oxygen atoms in total. The largest absolute Gasteiger partial charge is 0.477 e. The summed E-state index contributed by atoms with van der Waals surface area (Å²) in [6.45, 7) is 0. The fourth-order valence-electron chi connectivity index (χ4n) is 1.54. The van der Waals surface area contributed by atoms with E-state index in [4.69, 9.17) is 5.11 Å². The van der Waals surface area contributed by atoms with Gasteiger partial charge in [0.2, 0.25) is 0 Å². The second kappa shape index (κ2) is 3.14. The van der Waals surface area contributed by atoms with Crippen molar-refractivity contribution < 1.29 is 14.7 Å². The van der Waals surface area contributed by atoms with Crippen molar-refractivity contribution in [2.75, 3.05) is 0 Å². The van der Waals surface area contributed by atoms with E-state index < -0.39 is 5.97 Å². The monoisotopic (exact) mass is 191 g/mol. The highest BCUT2D eigenvalue weighted by molar-refractivity contribution is 6.00. The van der Waals surface area contributed by atoms with Crippen LogP contribution in [-0.4, -0.2) is 16.9 Å². The molecule has 72 valence electrons. The topological polar surface area (TPSA) is 66.4 Å². The number of nitrogens with one attached hydrogen (secondary N) is 1. The third-order valence-electron chi connectivity index (χ3n) is 2.26. The lowest BCUT2D eigenvalue weighted by molar-refractivity contribution is -0.133. The van der Waals surface area contributed by atoms with Gasteiger partial charge in [-0.15, -0.1) is 0 Å². The molecule has 4 heteroatoms. The highest BCUT2D eigenvalue weighted by atomic mass is 16.4. The van der Waals surface area contributed by atoms with Crippen LogP contribution in [0.2, 0.25) is 0 Å². The first kappa shape index (κ1) is 8.74. The Hall–Kier alpha value is -1.84. The summed E-state index contributed by atoms with van der Waals surface area (Å²) in [5.74, 6) is -0.932. The molecule has 0 spiro atoms. The molecule has 0 bridgehead atoms. The summed E-state index contributed by atoms with van der Waals surface area (Å²) in [4.78, 5) is 22.0. The van der Waals surface area contributed by atoms with Gasteiger partial charge in [-0.25, -0.2) is 4.79 Å². The van der Waals surface area contributed by atoms with Crippen molar-refractivity contribution in [3.8, 4) is 0 Å². The van der Waals surface area contributed by atoms with Crippen molar-refractivity contribution in [3.05, 3.63) is 35.2 Å². The zero-order chi connectivity index (χ0) is 10.1. The van der Waals surface area contributed by atoms with E-state index in [2.05, 4.69) is 5.32 Å². The normalized spacial score (nSPS) is 20.0. The van der Waals surface area contributed by atoms with Crippen molar-refractivity contribution in [1.82, 2.24) is 5.32 Å². The predicted octanol–water partition coefficient (Wildman–Crippen LogP) is 0.731. The van der Waals surface area contributed by atoms with Gasteiger partial charge in [0.25, 0.3) is 0 Å². The zero-order valence-electron chi connectivity index (χ0n) is 7.41. The lowest BCUT2D eigenvalue weighted by Gasteiger charge is -2.20. The van der Waals surface area contributed by atoms with E-state index in [0.29, 0.717) is 24.1 Å². The van der Waals surface area contributed by atoms with Crippen molar-refractivity contribution in [3.63, 3.8) is 0 Å². The van der Waals surface area contributed by atoms with Crippen LogP contribution in [0.5, 0.6) is 0 Å². The molecule has 0 unspecified atom stereocenters. The van der Waals surface area contributed by atoms with Crippen LogP contribution in [0, 0.1) is 0 Å². The van der Waals surface area contributed by atoms with Gasteiger partial charge >= 0.3 is 5.97 Å². The number of ketones is 1. The minimum Gasteiger partial charge on any atom is -0.477 e. The van der Waals surface area contributed by atoms with E-state index in [9.17, 15) is 9.59 Å². The molecule has 1 heterocycles. The molecular formula is C10H9NO3. The summed E-state index contributed by atoms with van der Waals surface area (Å²) < 4.78 is 0. The Kier molecular flexibility index (Phi) is 1.96. The van der Waals surface area contributed by atoms with Crippen molar-refractivity contribution in [2.24, 2.45) is 0 Å². The highest BCUT2D eigenvalue weighted by Gasteiger charge is 2.22. The van der Waals surface area contributed by atoms with Gasteiger partial charge in [-0.3, -0.25) is 4.79 Å². The Morgan fingerprint density at radius 1 is 1.43 bits per heavy atom. The van der Waals surface area contributed by atoms with Gasteiger partial charge in [-0.2, -0.15) is 0 Å². The van der Waals surface area contributed by atoms with Crippen LogP contribution in [0.25, 0.3) is 0 Å². The maximum absolute atomic E-state index is 11.4. The van der Waals surface area contributed by atoms with E-state index in [0.717, 1.165) is 0 Å². The van der Waals surface area contributed by atoms with E-state index in [1.54, 1.807) is 12.2 Å². The first-order chi connectivity index (χ1) is 6.68. The average molecular weight is 191 g/mol. The molecule has 0 aromatic rings. The van der Waals surface area contributed by atoms with Gasteiger partial charge < -0.3 is 10.4 Å². The molecule has 1 aliphatic heterocycles. The molecule has 2 rings (SSSR count). The number of carboxylic acids is 1. The molecule has 0 fully saturated rings. The van der Waals surface area contributed by atoms with Crippen LogP contribution in [0.1, 0.15) is 12.8 Å². The third kappa shape index (κ3) is 1.35. The minimum absolute atomic E-state index is 0.0655. The Labute approximate surface area is 80.6 Å². The highest BCUT2D eigenvalue weighted by Crippen LogP contribution is 2.22. The summed E-state index contributed by atoms with van der Waals surface area (Å²) in [7, 11) is 0. The summed E-state index contributed by atoms with van der Waals surface area (Å²) in [5, 5.41) is 11.5. The summed E-state index contributed by atoms with van der Waals surface area (Å²) in [6, 6.07) is 0. The van der Waals surface area contributed by atoms with Gasteiger partial charge in [0.15, 0.2) is 5.78 Å². The minimum atomic E-state index is -0.997. The second-order valence-electron chi connectivity index (χ2n) is 3.17. The molecule has 2 aliphatic rings. The smallest absolute Gasteiger partial charge is 0.351 e. The van der Waals surface area contributed by atoms with Crippen molar-refractivity contribution in [2.45, 2.75) is 12.8 Å². The number of hydrogen-bond donors (Lipinski definition) is 2. The van der Waals surface area contributed by atoms with Crippen LogP contribution in [0.15, 0.2) is 35.2 Å².